The molecule has 0 spiro atoms. The van der Waals surface area contributed by atoms with Crippen molar-refractivity contribution in [2.75, 3.05) is 13.1 Å². The van der Waals surface area contributed by atoms with Crippen LogP contribution in [-0.4, -0.2) is 40.1 Å². The van der Waals surface area contributed by atoms with Crippen LogP contribution in [0.2, 0.25) is 0 Å². The minimum Gasteiger partial charge on any atom is -0.481 e. The van der Waals surface area contributed by atoms with Crippen molar-refractivity contribution in [1.82, 2.24) is 10.1 Å². The lowest BCUT2D eigenvalue weighted by atomic mass is 9.94. The molecule has 0 saturated carbocycles. The van der Waals surface area contributed by atoms with Gasteiger partial charge in [-0.05, 0) is 25.7 Å². The number of aromatic nitrogens is 1. The molecule has 1 aliphatic rings. The third kappa shape index (κ3) is 3.43. The molecular formula is C15H22N2O4. The molecule has 1 fully saturated rings. The highest BCUT2D eigenvalue weighted by atomic mass is 16.5. The van der Waals surface area contributed by atoms with Gasteiger partial charge in [-0.2, -0.15) is 0 Å². The molecule has 1 saturated heterocycles. The minimum absolute atomic E-state index is 0.0304. The Kier molecular flexibility index (Phi) is 4.65. The molecule has 0 bridgehead atoms. The number of rotatable bonds is 4. The number of carboxylic acid groups (broad SMARTS) is 1. The third-order valence-electron chi connectivity index (χ3n) is 3.90. The van der Waals surface area contributed by atoms with E-state index < -0.39 is 5.97 Å². The number of amides is 1. The monoisotopic (exact) mass is 294 g/mol. The zero-order valence-electron chi connectivity index (χ0n) is 12.8. The Hall–Kier alpha value is -1.85. The Morgan fingerprint density at radius 1 is 1.48 bits per heavy atom. The third-order valence-corrected chi connectivity index (χ3v) is 3.90. The molecule has 116 valence electrons. The summed E-state index contributed by atoms with van der Waals surface area (Å²) in [6, 6.07) is 0. The number of hydrogen-bond donors (Lipinski definition) is 1. The summed E-state index contributed by atoms with van der Waals surface area (Å²) in [6.45, 7) is 6.84. The van der Waals surface area contributed by atoms with E-state index >= 15 is 0 Å². The number of nitrogens with zero attached hydrogens (tertiary/aromatic N) is 2. The Morgan fingerprint density at radius 2 is 2.19 bits per heavy atom. The maximum absolute atomic E-state index is 12.7. The number of carbonyl (C=O) groups excluding carboxylic acids is 1. The van der Waals surface area contributed by atoms with Crippen LogP contribution in [0.4, 0.5) is 0 Å². The molecule has 0 aliphatic carbocycles. The van der Waals surface area contributed by atoms with E-state index in [2.05, 4.69) is 5.16 Å². The molecule has 1 atom stereocenters. The van der Waals surface area contributed by atoms with Gasteiger partial charge in [0.1, 0.15) is 5.56 Å². The number of carbonyl (C=O) groups is 2. The van der Waals surface area contributed by atoms with E-state index in [1.54, 1.807) is 11.8 Å². The fraction of sp³-hybridized carbons (Fsp3) is 0.667. The number of likely N-dealkylation sites (tertiary alicyclic amines) is 1. The molecule has 0 aromatic carbocycles. The van der Waals surface area contributed by atoms with E-state index in [0.29, 0.717) is 30.1 Å². The first-order chi connectivity index (χ1) is 9.90. The van der Waals surface area contributed by atoms with Crippen molar-refractivity contribution in [3.63, 3.8) is 0 Å². The summed E-state index contributed by atoms with van der Waals surface area (Å²) in [7, 11) is 0. The number of aryl methyl sites for hydroxylation is 1. The number of piperidine rings is 1. The largest absolute Gasteiger partial charge is 0.481 e. The van der Waals surface area contributed by atoms with Crippen LogP contribution in [0.25, 0.3) is 0 Å². The van der Waals surface area contributed by atoms with E-state index in [1.165, 1.54) is 0 Å². The summed E-state index contributed by atoms with van der Waals surface area (Å²) in [5, 5.41) is 12.8. The molecule has 1 amide bonds. The topological polar surface area (TPSA) is 83.6 Å². The Bertz CT molecular complexity index is 536. The first-order valence-corrected chi connectivity index (χ1v) is 7.37. The van der Waals surface area contributed by atoms with Crippen LogP contribution in [0.1, 0.15) is 60.8 Å². The predicted molar refractivity (Wildman–Crippen MR) is 76.2 cm³/mol. The van der Waals surface area contributed by atoms with Crippen LogP contribution in [0.15, 0.2) is 4.52 Å². The summed E-state index contributed by atoms with van der Waals surface area (Å²) in [6.07, 6.45) is 1.81. The van der Waals surface area contributed by atoms with E-state index in [-0.39, 0.29) is 24.2 Å². The van der Waals surface area contributed by atoms with Crippen molar-refractivity contribution in [2.24, 2.45) is 5.92 Å². The Labute approximate surface area is 124 Å². The molecule has 1 aromatic rings. The SMILES string of the molecule is Cc1noc(C(C)C)c1C(=O)N1CCCC(CC(=O)O)C1. The van der Waals surface area contributed by atoms with Crippen LogP contribution < -0.4 is 0 Å². The lowest BCUT2D eigenvalue weighted by molar-refractivity contribution is -0.138. The highest BCUT2D eigenvalue weighted by Crippen LogP contribution is 2.26. The van der Waals surface area contributed by atoms with Gasteiger partial charge in [0.2, 0.25) is 0 Å². The van der Waals surface area contributed by atoms with Crippen molar-refractivity contribution < 1.29 is 19.2 Å². The van der Waals surface area contributed by atoms with Gasteiger partial charge in [0.05, 0.1) is 5.69 Å². The van der Waals surface area contributed by atoms with Gasteiger partial charge < -0.3 is 14.5 Å². The van der Waals surface area contributed by atoms with E-state index in [1.807, 2.05) is 13.8 Å². The highest BCUT2D eigenvalue weighted by Gasteiger charge is 2.30. The molecule has 1 N–H and O–H groups in total. The molecule has 6 nitrogen and oxygen atoms in total. The van der Waals surface area contributed by atoms with Crippen LogP contribution in [0.5, 0.6) is 0 Å². The highest BCUT2D eigenvalue weighted by molar-refractivity contribution is 5.96. The minimum atomic E-state index is -0.807. The quantitative estimate of drug-likeness (QED) is 0.922. The van der Waals surface area contributed by atoms with Gasteiger partial charge in [-0.3, -0.25) is 9.59 Å². The maximum atomic E-state index is 12.7. The summed E-state index contributed by atoms with van der Waals surface area (Å²) in [5.41, 5.74) is 1.14. The number of hydrogen-bond acceptors (Lipinski definition) is 4. The number of carboxylic acids is 1. The zero-order valence-corrected chi connectivity index (χ0v) is 12.8. The first kappa shape index (κ1) is 15.5. The molecule has 21 heavy (non-hydrogen) atoms. The first-order valence-electron chi connectivity index (χ1n) is 7.37. The van der Waals surface area contributed by atoms with Crippen molar-refractivity contribution in [2.45, 2.75) is 46.0 Å². The fourth-order valence-corrected chi connectivity index (χ4v) is 2.86. The normalized spacial score (nSPS) is 19.0. The van der Waals surface area contributed by atoms with Crippen molar-refractivity contribution in [3.8, 4) is 0 Å². The van der Waals surface area contributed by atoms with Gasteiger partial charge >= 0.3 is 5.97 Å². The Morgan fingerprint density at radius 3 is 2.81 bits per heavy atom. The molecule has 0 radical (unpaired) electrons. The molecule has 6 heteroatoms. The molecule has 2 rings (SSSR count). The van der Waals surface area contributed by atoms with Crippen LogP contribution >= 0.6 is 0 Å². The molecule has 2 heterocycles. The summed E-state index contributed by atoms with van der Waals surface area (Å²) in [5.74, 6) is -0.170. The summed E-state index contributed by atoms with van der Waals surface area (Å²) in [4.78, 5) is 25.3. The van der Waals surface area contributed by atoms with E-state index in [0.717, 1.165) is 12.8 Å². The van der Waals surface area contributed by atoms with Crippen LogP contribution in [-0.2, 0) is 4.79 Å². The lowest BCUT2D eigenvalue weighted by Crippen LogP contribution is -2.41. The summed E-state index contributed by atoms with van der Waals surface area (Å²) >= 11 is 0. The maximum Gasteiger partial charge on any atom is 0.303 e. The lowest BCUT2D eigenvalue weighted by Gasteiger charge is -2.32. The van der Waals surface area contributed by atoms with Gasteiger partial charge in [-0.1, -0.05) is 19.0 Å². The predicted octanol–water partition coefficient (Wildman–Crippen LogP) is 2.43. The van der Waals surface area contributed by atoms with Crippen molar-refractivity contribution in [3.05, 3.63) is 17.0 Å². The van der Waals surface area contributed by atoms with Crippen molar-refractivity contribution in [1.29, 1.82) is 0 Å². The Balaban J connectivity index is 2.16. The second-order valence-corrected chi connectivity index (χ2v) is 6.02. The summed E-state index contributed by atoms with van der Waals surface area (Å²) < 4.78 is 5.27. The van der Waals surface area contributed by atoms with Gasteiger partial charge in [0.25, 0.3) is 5.91 Å². The van der Waals surface area contributed by atoms with E-state index in [4.69, 9.17) is 9.63 Å². The van der Waals surface area contributed by atoms with Gasteiger partial charge in [-0.25, -0.2) is 0 Å². The number of aliphatic carboxylic acids is 1. The van der Waals surface area contributed by atoms with Gasteiger partial charge in [-0.15, -0.1) is 0 Å². The molecule has 1 aromatic heterocycles. The standard InChI is InChI=1S/C15H22N2O4/c1-9(2)14-13(10(3)16-21-14)15(20)17-6-4-5-11(8-17)7-12(18)19/h9,11H,4-8H2,1-3H3,(H,18,19). The average molecular weight is 294 g/mol. The fourth-order valence-electron chi connectivity index (χ4n) is 2.86. The smallest absolute Gasteiger partial charge is 0.303 e. The van der Waals surface area contributed by atoms with Gasteiger partial charge in [0, 0.05) is 25.4 Å². The van der Waals surface area contributed by atoms with Crippen LogP contribution in [0, 0.1) is 12.8 Å². The molecule has 1 aliphatic heterocycles. The molecule has 1 unspecified atom stereocenters. The zero-order chi connectivity index (χ0) is 15.6. The average Bonchev–Trinajstić information content (AvgIpc) is 2.79. The second kappa shape index (κ2) is 6.28. The second-order valence-electron chi connectivity index (χ2n) is 6.02. The van der Waals surface area contributed by atoms with Crippen LogP contribution in [0.3, 0.4) is 0 Å². The van der Waals surface area contributed by atoms with E-state index in [9.17, 15) is 9.59 Å². The molecular weight excluding hydrogens is 272 g/mol. The van der Waals surface area contributed by atoms with Crippen molar-refractivity contribution >= 4 is 11.9 Å². The van der Waals surface area contributed by atoms with Gasteiger partial charge in [0.15, 0.2) is 5.76 Å².